The lowest BCUT2D eigenvalue weighted by Gasteiger charge is -2.34. The first-order valence-corrected chi connectivity index (χ1v) is 12.8. The van der Waals surface area contributed by atoms with E-state index in [4.69, 9.17) is 23.2 Å². The van der Waals surface area contributed by atoms with Gasteiger partial charge < -0.3 is 10.2 Å². The van der Waals surface area contributed by atoms with Crippen LogP contribution < -0.4 is 5.32 Å². The number of halogens is 2. The highest BCUT2D eigenvalue weighted by molar-refractivity contribution is 6.36. The van der Waals surface area contributed by atoms with Crippen molar-refractivity contribution in [2.75, 3.05) is 0 Å². The van der Waals surface area contributed by atoms with Crippen LogP contribution in [0.25, 0.3) is 0 Å². The first kappa shape index (κ1) is 27.8. The molecule has 2 amide bonds. The molecule has 6 heteroatoms. The lowest BCUT2D eigenvalue weighted by Crippen LogP contribution is -2.54. The van der Waals surface area contributed by atoms with Gasteiger partial charge in [0.1, 0.15) is 6.04 Å². The predicted molar refractivity (Wildman–Crippen MR) is 148 cm³/mol. The molecular formula is C30H34Cl2N2O2. The largest absolute Gasteiger partial charge is 0.350 e. The zero-order valence-corrected chi connectivity index (χ0v) is 23.1. The molecule has 0 fully saturated rings. The average molecular weight is 526 g/mol. The van der Waals surface area contributed by atoms with Crippen molar-refractivity contribution in [2.24, 2.45) is 0 Å². The normalized spacial score (nSPS) is 12.2. The summed E-state index contributed by atoms with van der Waals surface area (Å²) in [5, 5.41) is 3.99. The minimum Gasteiger partial charge on any atom is -0.350 e. The van der Waals surface area contributed by atoms with Gasteiger partial charge in [-0.1, -0.05) is 88.9 Å². The fourth-order valence-electron chi connectivity index (χ4n) is 4.31. The van der Waals surface area contributed by atoms with Crippen LogP contribution in [-0.4, -0.2) is 28.3 Å². The number of carbonyl (C=O) groups is 2. The van der Waals surface area contributed by atoms with Gasteiger partial charge in [-0.15, -0.1) is 0 Å². The number of aryl methyl sites for hydroxylation is 2. The molecule has 0 aliphatic heterocycles. The van der Waals surface area contributed by atoms with E-state index in [1.54, 1.807) is 23.1 Å². The van der Waals surface area contributed by atoms with Crippen molar-refractivity contribution in [1.29, 1.82) is 0 Å². The van der Waals surface area contributed by atoms with Crippen LogP contribution in [0.15, 0.2) is 66.7 Å². The number of nitrogens with zero attached hydrogens (tertiary/aromatic N) is 1. The van der Waals surface area contributed by atoms with E-state index < -0.39 is 11.6 Å². The smallest absolute Gasteiger partial charge is 0.243 e. The molecule has 0 aliphatic carbocycles. The summed E-state index contributed by atoms with van der Waals surface area (Å²) in [6, 6.07) is 20.3. The summed E-state index contributed by atoms with van der Waals surface area (Å²) in [7, 11) is 0. The quantitative estimate of drug-likeness (QED) is 0.356. The summed E-state index contributed by atoms with van der Waals surface area (Å²) >= 11 is 13.0. The second kappa shape index (κ2) is 11.9. The number of carbonyl (C=O) groups excluding carboxylic acids is 2. The van der Waals surface area contributed by atoms with Crippen molar-refractivity contribution >= 4 is 35.0 Å². The van der Waals surface area contributed by atoms with Crippen LogP contribution in [-0.2, 0) is 29.0 Å². The van der Waals surface area contributed by atoms with E-state index >= 15 is 0 Å². The second-order valence-corrected chi connectivity index (χ2v) is 11.2. The lowest BCUT2D eigenvalue weighted by atomic mass is 9.99. The number of nitrogens with one attached hydrogen (secondary N) is 1. The Labute approximate surface area is 224 Å². The molecule has 1 unspecified atom stereocenters. The Morgan fingerprint density at radius 1 is 0.861 bits per heavy atom. The summed E-state index contributed by atoms with van der Waals surface area (Å²) in [6.07, 6.45) is 0.530. The maximum Gasteiger partial charge on any atom is 0.243 e. The van der Waals surface area contributed by atoms with Gasteiger partial charge in [0.05, 0.1) is 6.42 Å². The maximum absolute atomic E-state index is 13.9. The van der Waals surface area contributed by atoms with E-state index in [1.807, 2.05) is 77.1 Å². The number of benzene rings is 3. The molecule has 0 aliphatic rings. The zero-order chi connectivity index (χ0) is 26.5. The molecule has 3 aromatic rings. The molecule has 36 heavy (non-hydrogen) atoms. The molecular weight excluding hydrogens is 491 g/mol. The van der Waals surface area contributed by atoms with Crippen LogP contribution in [0.2, 0.25) is 10.0 Å². The Morgan fingerprint density at radius 2 is 1.44 bits per heavy atom. The van der Waals surface area contributed by atoms with E-state index in [2.05, 4.69) is 11.4 Å². The van der Waals surface area contributed by atoms with E-state index in [1.165, 1.54) is 0 Å². The summed E-state index contributed by atoms with van der Waals surface area (Å²) in [5.41, 5.74) is 4.20. The number of amides is 2. The molecule has 0 bridgehead atoms. The first-order chi connectivity index (χ1) is 16.9. The SMILES string of the molecule is Cc1cc(C)cc(CC(=O)N(Cc2c(Cl)cccc2Cl)C(Cc2ccccc2)C(=O)NC(C)(C)C)c1. The van der Waals surface area contributed by atoms with Crippen LogP contribution in [0.3, 0.4) is 0 Å². The van der Waals surface area contributed by atoms with E-state index in [-0.39, 0.29) is 24.8 Å². The van der Waals surface area contributed by atoms with Crippen LogP contribution in [0.4, 0.5) is 0 Å². The second-order valence-electron chi connectivity index (χ2n) is 10.3. The molecule has 0 heterocycles. The van der Waals surface area contributed by atoms with Crippen molar-refractivity contribution < 1.29 is 9.59 Å². The molecule has 190 valence electrons. The Morgan fingerprint density at radius 3 is 2.00 bits per heavy atom. The van der Waals surface area contributed by atoms with E-state index in [0.717, 1.165) is 22.3 Å². The Bertz CT molecular complexity index is 1180. The third-order valence-electron chi connectivity index (χ3n) is 5.80. The van der Waals surface area contributed by atoms with Gasteiger partial charge in [-0.2, -0.15) is 0 Å². The summed E-state index contributed by atoms with van der Waals surface area (Å²) in [4.78, 5) is 29.2. The van der Waals surface area contributed by atoms with Gasteiger partial charge >= 0.3 is 0 Å². The number of hydrogen-bond acceptors (Lipinski definition) is 2. The fourth-order valence-corrected chi connectivity index (χ4v) is 4.82. The van der Waals surface area contributed by atoms with Crippen molar-refractivity contribution in [3.8, 4) is 0 Å². The molecule has 1 N–H and O–H groups in total. The van der Waals surface area contributed by atoms with Gasteiger partial charge in [-0.05, 0) is 57.9 Å². The predicted octanol–water partition coefficient (Wildman–Crippen LogP) is 6.71. The molecule has 0 aromatic heterocycles. The topological polar surface area (TPSA) is 49.4 Å². The van der Waals surface area contributed by atoms with Gasteiger partial charge in [-0.3, -0.25) is 9.59 Å². The summed E-state index contributed by atoms with van der Waals surface area (Å²) < 4.78 is 0. The highest BCUT2D eigenvalue weighted by Gasteiger charge is 2.33. The highest BCUT2D eigenvalue weighted by atomic mass is 35.5. The van der Waals surface area contributed by atoms with Crippen molar-refractivity contribution in [3.63, 3.8) is 0 Å². The maximum atomic E-state index is 13.9. The molecule has 4 nitrogen and oxygen atoms in total. The van der Waals surface area contributed by atoms with Gasteiger partial charge in [0, 0.05) is 34.1 Å². The zero-order valence-electron chi connectivity index (χ0n) is 21.6. The molecule has 3 aromatic carbocycles. The van der Waals surface area contributed by atoms with Crippen LogP contribution in [0, 0.1) is 13.8 Å². The summed E-state index contributed by atoms with van der Waals surface area (Å²) in [6.45, 7) is 9.93. The van der Waals surface area contributed by atoms with Crippen molar-refractivity contribution in [1.82, 2.24) is 10.2 Å². The average Bonchev–Trinajstić information content (AvgIpc) is 2.76. The molecule has 0 saturated carbocycles. The Balaban J connectivity index is 2.06. The lowest BCUT2D eigenvalue weighted by molar-refractivity contribution is -0.141. The highest BCUT2D eigenvalue weighted by Crippen LogP contribution is 2.28. The van der Waals surface area contributed by atoms with Gasteiger partial charge in [-0.25, -0.2) is 0 Å². The first-order valence-electron chi connectivity index (χ1n) is 12.1. The Kier molecular flexibility index (Phi) is 9.21. The minimum atomic E-state index is -0.752. The number of rotatable bonds is 8. The molecule has 0 radical (unpaired) electrons. The van der Waals surface area contributed by atoms with Crippen molar-refractivity contribution in [2.45, 2.75) is 65.6 Å². The number of hydrogen-bond donors (Lipinski definition) is 1. The van der Waals surface area contributed by atoms with Gasteiger partial charge in [0.15, 0.2) is 0 Å². The van der Waals surface area contributed by atoms with E-state index in [9.17, 15) is 9.59 Å². The third-order valence-corrected chi connectivity index (χ3v) is 6.50. The molecule has 1 atom stereocenters. The fraction of sp³-hybridized carbons (Fsp3) is 0.333. The van der Waals surface area contributed by atoms with Crippen LogP contribution in [0.5, 0.6) is 0 Å². The summed E-state index contributed by atoms with van der Waals surface area (Å²) in [5.74, 6) is -0.385. The van der Waals surface area contributed by atoms with Crippen molar-refractivity contribution in [3.05, 3.63) is 105 Å². The van der Waals surface area contributed by atoms with E-state index in [0.29, 0.717) is 22.0 Å². The van der Waals surface area contributed by atoms with Crippen LogP contribution >= 0.6 is 23.2 Å². The van der Waals surface area contributed by atoms with Gasteiger partial charge in [0.2, 0.25) is 11.8 Å². The molecule has 3 rings (SSSR count). The van der Waals surface area contributed by atoms with Gasteiger partial charge in [0.25, 0.3) is 0 Å². The molecule has 0 spiro atoms. The molecule has 0 saturated heterocycles. The Hall–Kier alpha value is -2.82. The monoisotopic (exact) mass is 524 g/mol. The standard InChI is InChI=1S/C30H34Cl2N2O2/c1-20-14-21(2)16-23(15-20)18-28(35)34(19-24-25(31)12-9-13-26(24)32)27(29(36)33-30(3,4)5)17-22-10-7-6-8-11-22/h6-16,27H,17-19H2,1-5H3,(H,33,36). The third kappa shape index (κ3) is 7.84. The minimum absolute atomic E-state index is 0.122. The van der Waals surface area contributed by atoms with Crippen LogP contribution in [0.1, 0.15) is 48.6 Å².